The van der Waals surface area contributed by atoms with Gasteiger partial charge in [0, 0.05) is 37.0 Å². The standard InChI is InChI=1S/C22H28N8O/c1-12-6-5-7-16-10-18(13(2)24-22-26-14(3)25-21(23)29-22)20(28-19(12)16)30-9-8-17(11-30)27-15(4)31/h5-7,10,13,17H,8-9,11H2,1-4H3,(H,27,31)(H3,23,24,25,26,29)/t13-,17-/m0/s1. The quantitative estimate of drug-likeness (QED) is 0.575. The highest BCUT2D eigenvalue weighted by molar-refractivity contribution is 5.85. The van der Waals surface area contributed by atoms with E-state index >= 15 is 0 Å². The Labute approximate surface area is 181 Å². The molecule has 1 aromatic carbocycles. The van der Waals surface area contributed by atoms with Gasteiger partial charge < -0.3 is 21.3 Å². The monoisotopic (exact) mass is 420 g/mol. The number of fused-ring (bicyclic) bond motifs is 1. The number of para-hydroxylation sites is 1. The number of carbonyl (C=O) groups is 1. The average molecular weight is 421 g/mol. The molecule has 2 atom stereocenters. The number of hydrogen-bond acceptors (Lipinski definition) is 8. The van der Waals surface area contributed by atoms with Crippen LogP contribution in [-0.4, -0.2) is 45.0 Å². The van der Waals surface area contributed by atoms with Crippen molar-refractivity contribution in [1.82, 2.24) is 25.3 Å². The van der Waals surface area contributed by atoms with E-state index in [-0.39, 0.29) is 23.9 Å². The van der Waals surface area contributed by atoms with Crippen LogP contribution in [0.25, 0.3) is 10.9 Å². The van der Waals surface area contributed by atoms with Gasteiger partial charge in [-0.3, -0.25) is 4.79 Å². The summed E-state index contributed by atoms with van der Waals surface area (Å²) in [6.45, 7) is 9.01. The second kappa shape index (κ2) is 8.33. The molecule has 0 bridgehead atoms. The number of benzene rings is 1. The lowest BCUT2D eigenvalue weighted by Crippen LogP contribution is -2.36. The second-order valence-corrected chi connectivity index (χ2v) is 8.11. The molecule has 1 fully saturated rings. The van der Waals surface area contributed by atoms with Crippen molar-refractivity contribution in [3.05, 3.63) is 41.2 Å². The third-order valence-electron chi connectivity index (χ3n) is 5.53. The Kier molecular flexibility index (Phi) is 5.58. The average Bonchev–Trinajstić information content (AvgIpc) is 3.14. The molecule has 1 aliphatic rings. The summed E-state index contributed by atoms with van der Waals surface area (Å²) in [4.78, 5) is 31.4. The van der Waals surface area contributed by atoms with Crippen molar-refractivity contribution in [2.24, 2.45) is 0 Å². The first-order valence-corrected chi connectivity index (χ1v) is 10.5. The summed E-state index contributed by atoms with van der Waals surface area (Å²) < 4.78 is 0. The molecule has 0 radical (unpaired) electrons. The van der Waals surface area contributed by atoms with Gasteiger partial charge in [-0.2, -0.15) is 15.0 Å². The van der Waals surface area contributed by atoms with Gasteiger partial charge in [-0.1, -0.05) is 18.2 Å². The number of pyridine rings is 1. The van der Waals surface area contributed by atoms with Crippen LogP contribution in [-0.2, 0) is 4.79 Å². The third kappa shape index (κ3) is 4.50. The summed E-state index contributed by atoms with van der Waals surface area (Å²) in [7, 11) is 0. The predicted molar refractivity (Wildman–Crippen MR) is 122 cm³/mol. The number of hydrogen-bond donors (Lipinski definition) is 3. The van der Waals surface area contributed by atoms with Gasteiger partial charge in [-0.25, -0.2) is 4.98 Å². The van der Waals surface area contributed by atoms with Crippen LogP contribution < -0.4 is 21.3 Å². The minimum Gasteiger partial charge on any atom is -0.368 e. The molecule has 0 spiro atoms. The number of anilines is 3. The molecule has 0 saturated carbocycles. The molecule has 4 rings (SSSR count). The molecule has 0 aliphatic carbocycles. The van der Waals surface area contributed by atoms with Crippen molar-refractivity contribution in [2.75, 3.05) is 29.0 Å². The molecule has 1 saturated heterocycles. The van der Waals surface area contributed by atoms with Crippen molar-refractivity contribution in [3.63, 3.8) is 0 Å². The van der Waals surface area contributed by atoms with E-state index in [0.29, 0.717) is 11.8 Å². The lowest BCUT2D eigenvalue weighted by Gasteiger charge is -2.25. The van der Waals surface area contributed by atoms with E-state index in [1.807, 2.05) is 6.07 Å². The molecule has 162 valence electrons. The maximum Gasteiger partial charge on any atom is 0.228 e. The van der Waals surface area contributed by atoms with E-state index < -0.39 is 0 Å². The van der Waals surface area contributed by atoms with Crippen molar-refractivity contribution in [2.45, 2.75) is 46.2 Å². The number of carbonyl (C=O) groups excluding carboxylic acids is 1. The lowest BCUT2D eigenvalue weighted by atomic mass is 10.0. The second-order valence-electron chi connectivity index (χ2n) is 8.11. The number of amides is 1. The number of rotatable bonds is 5. The van der Waals surface area contributed by atoms with Gasteiger partial charge in [0.1, 0.15) is 11.6 Å². The van der Waals surface area contributed by atoms with E-state index in [2.05, 4.69) is 62.5 Å². The molecular formula is C22H28N8O. The smallest absolute Gasteiger partial charge is 0.228 e. The van der Waals surface area contributed by atoms with Crippen LogP contribution in [0.4, 0.5) is 17.7 Å². The Morgan fingerprint density at radius 1 is 1.23 bits per heavy atom. The molecule has 9 heteroatoms. The zero-order valence-corrected chi connectivity index (χ0v) is 18.3. The van der Waals surface area contributed by atoms with E-state index in [9.17, 15) is 4.79 Å². The topological polar surface area (TPSA) is 122 Å². The fourth-order valence-electron chi connectivity index (χ4n) is 4.12. The van der Waals surface area contributed by atoms with Gasteiger partial charge in [0.2, 0.25) is 17.8 Å². The zero-order chi connectivity index (χ0) is 22.1. The van der Waals surface area contributed by atoms with Crippen molar-refractivity contribution < 1.29 is 4.79 Å². The Balaban J connectivity index is 1.72. The molecule has 1 amide bonds. The molecule has 3 aromatic rings. The van der Waals surface area contributed by atoms with E-state index in [1.54, 1.807) is 13.8 Å². The van der Waals surface area contributed by atoms with Crippen LogP contribution in [0, 0.1) is 13.8 Å². The Morgan fingerprint density at radius 3 is 2.77 bits per heavy atom. The van der Waals surface area contributed by atoms with Crippen LogP contribution in [0.1, 0.15) is 43.3 Å². The van der Waals surface area contributed by atoms with Gasteiger partial charge in [0.25, 0.3) is 0 Å². The fraction of sp³-hybridized carbons (Fsp3) is 0.409. The van der Waals surface area contributed by atoms with Crippen LogP contribution in [0.3, 0.4) is 0 Å². The van der Waals surface area contributed by atoms with Gasteiger partial charge in [0.05, 0.1) is 11.6 Å². The summed E-state index contributed by atoms with van der Waals surface area (Å²) >= 11 is 0. The first kappa shape index (κ1) is 20.8. The minimum atomic E-state index is -0.117. The first-order chi connectivity index (χ1) is 14.8. The Morgan fingerprint density at radius 2 is 2.03 bits per heavy atom. The van der Waals surface area contributed by atoms with Crippen LogP contribution in [0.5, 0.6) is 0 Å². The fourth-order valence-corrected chi connectivity index (χ4v) is 4.12. The maximum atomic E-state index is 11.5. The third-order valence-corrected chi connectivity index (χ3v) is 5.53. The van der Waals surface area contributed by atoms with E-state index in [4.69, 9.17) is 10.7 Å². The lowest BCUT2D eigenvalue weighted by molar-refractivity contribution is -0.119. The highest BCUT2D eigenvalue weighted by Gasteiger charge is 2.27. The van der Waals surface area contributed by atoms with Crippen molar-refractivity contribution >= 4 is 34.5 Å². The highest BCUT2D eigenvalue weighted by atomic mass is 16.1. The number of nitrogens with zero attached hydrogens (tertiary/aromatic N) is 5. The summed E-state index contributed by atoms with van der Waals surface area (Å²) in [6, 6.07) is 8.36. The molecule has 4 N–H and O–H groups in total. The van der Waals surface area contributed by atoms with Gasteiger partial charge >= 0.3 is 0 Å². The molecule has 3 heterocycles. The van der Waals surface area contributed by atoms with Gasteiger partial charge in [-0.15, -0.1) is 0 Å². The highest BCUT2D eigenvalue weighted by Crippen LogP contribution is 2.33. The molecular weight excluding hydrogens is 392 g/mol. The molecule has 1 aliphatic heterocycles. The van der Waals surface area contributed by atoms with Crippen molar-refractivity contribution in [3.8, 4) is 0 Å². The normalized spacial score (nSPS) is 17.0. The van der Waals surface area contributed by atoms with Crippen molar-refractivity contribution in [1.29, 1.82) is 0 Å². The molecule has 31 heavy (non-hydrogen) atoms. The van der Waals surface area contributed by atoms with E-state index in [1.165, 1.54) is 0 Å². The Hall–Kier alpha value is -3.49. The van der Waals surface area contributed by atoms with E-state index in [0.717, 1.165) is 47.4 Å². The summed E-state index contributed by atoms with van der Waals surface area (Å²) in [6.07, 6.45) is 0.886. The number of nitrogen functional groups attached to an aromatic ring is 1. The maximum absolute atomic E-state index is 11.5. The molecule has 0 unspecified atom stereocenters. The number of nitrogens with two attached hydrogens (primary N) is 1. The first-order valence-electron chi connectivity index (χ1n) is 10.5. The van der Waals surface area contributed by atoms with Gasteiger partial charge in [0.15, 0.2) is 0 Å². The van der Waals surface area contributed by atoms with Crippen LogP contribution >= 0.6 is 0 Å². The molecule has 2 aromatic heterocycles. The number of aryl methyl sites for hydroxylation is 2. The largest absolute Gasteiger partial charge is 0.368 e. The predicted octanol–water partition coefficient (Wildman–Crippen LogP) is 2.51. The molecule has 9 nitrogen and oxygen atoms in total. The summed E-state index contributed by atoms with van der Waals surface area (Å²) in [5.74, 6) is 2.09. The van der Waals surface area contributed by atoms with Crippen LogP contribution in [0.2, 0.25) is 0 Å². The summed E-state index contributed by atoms with van der Waals surface area (Å²) in [5.41, 5.74) is 8.94. The summed E-state index contributed by atoms with van der Waals surface area (Å²) in [5, 5.41) is 7.45. The number of nitrogens with one attached hydrogen (secondary N) is 2. The van der Waals surface area contributed by atoms with Crippen LogP contribution in [0.15, 0.2) is 24.3 Å². The number of aromatic nitrogens is 4. The minimum absolute atomic E-state index is 0.00721. The SMILES string of the molecule is CC(=O)N[C@H]1CCN(c2nc3c(C)cccc3cc2[C@H](C)Nc2nc(C)nc(N)n2)C1. The van der Waals surface area contributed by atoms with Gasteiger partial charge in [-0.05, 0) is 38.8 Å². The zero-order valence-electron chi connectivity index (χ0n) is 18.3. The Bertz CT molecular complexity index is 1110.